The number of hydrogen-bond donors (Lipinski definition) is 6. The first kappa shape index (κ1) is 106. The summed E-state index contributed by atoms with van der Waals surface area (Å²) in [5, 5.41) is 4.05. The Kier molecular flexibility index (Phi) is 88.2. The molecular weight excluding hydrogens is 2120 g/mol. The minimum absolute atomic E-state index is 0. The van der Waals surface area contributed by atoms with Gasteiger partial charge in [-0.1, -0.05) is 202 Å². The van der Waals surface area contributed by atoms with E-state index >= 15 is 0 Å². The van der Waals surface area contributed by atoms with Crippen molar-refractivity contribution in [2.75, 3.05) is 46.1 Å². The molecule has 0 saturated heterocycles. The molecule has 6 aromatic heterocycles. The Hall–Kier alpha value is -4.15. The number of aromatic nitrogens is 12. The van der Waals surface area contributed by atoms with Crippen molar-refractivity contribution in [1.29, 1.82) is 0 Å². The van der Waals surface area contributed by atoms with Crippen molar-refractivity contribution >= 4 is 5.69 Å². The molecule has 0 bridgehead atoms. The molecule has 488 valence electrons. The summed E-state index contributed by atoms with van der Waals surface area (Å²) in [6.07, 6.45) is 16.4. The Labute approximate surface area is 615 Å². The van der Waals surface area contributed by atoms with Crippen molar-refractivity contribution in [2.24, 2.45) is 32.0 Å². The summed E-state index contributed by atoms with van der Waals surface area (Å²) in [6.45, 7) is 44.1. The van der Waals surface area contributed by atoms with Gasteiger partial charge in [-0.05, 0) is 85.7 Å². The van der Waals surface area contributed by atoms with Crippen LogP contribution in [0.25, 0.3) is 0 Å². The molecule has 0 saturated carbocycles. The average molecular weight is 2230 g/mol. The van der Waals surface area contributed by atoms with Gasteiger partial charge in [0.2, 0.25) is 0 Å². The molecular formula is C64H101N18W6-5. The van der Waals surface area contributed by atoms with Gasteiger partial charge in [-0.2, -0.15) is 0 Å². The fraction of sp³-hybridized carbons (Fsp3) is 0.438. The number of rotatable bonds is 4. The zero-order chi connectivity index (χ0) is 63.1. The molecule has 8 rings (SSSR count). The average Bonchev–Trinajstić information content (AvgIpc) is 3.49. The van der Waals surface area contributed by atoms with Crippen LogP contribution in [0.5, 0.6) is 0 Å². The summed E-state index contributed by atoms with van der Waals surface area (Å²) < 4.78 is 1.96. The number of anilines is 1. The molecule has 0 aliphatic heterocycles. The molecule has 8 aromatic rings. The van der Waals surface area contributed by atoms with E-state index in [0.717, 1.165) is 70.6 Å². The van der Waals surface area contributed by atoms with Crippen molar-refractivity contribution in [2.45, 2.75) is 145 Å². The van der Waals surface area contributed by atoms with Crippen LogP contribution in [-0.2, 0) is 133 Å². The van der Waals surface area contributed by atoms with Gasteiger partial charge >= 0.3 is 0 Å². The Morgan fingerprint density at radius 3 is 1.17 bits per heavy atom. The van der Waals surface area contributed by atoms with Crippen LogP contribution in [-0.4, -0.2) is 95.6 Å². The Morgan fingerprint density at radius 2 is 0.841 bits per heavy atom. The summed E-state index contributed by atoms with van der Waals surface area (Å²) in [6, 6.07) is 28.2. The largest absolute Gasteiger partial charge is 0.472 e. The van der Waals surface area contributed by atoms with Gasteiger partial charge in [0.15, 0.2) is 0 Å². The number of H-pyrrole nitrogens is 5. The fourth-order valence-electron chi connectivity index (χ4n) is 5.16. The van der Waals surface area contributed by atoms with Crippen LogP contribution >= 0.6 is 0 Å². The molecule has 0 spiro atoms. The van der Waals surface area contributed by atoms with Crippen molar-refractivity contribution in [3.8, 4) is 0 Å². The Balaban J connectivity index is -0.0000000963. The van der Waals surface area contributed by atoms with Gasteiger partial charge in [-0.15, -0.1) is 30.5 Å². The quantitative estimate of drug-likeness (QED) is 0.0736. The van der Waals surface area contributed by atoms with Gasteiger partial charge in [0.25, 0.3) is 0 Å². The van der Waals surface area contributed by atoms with E-state index in [0.29, 0.717) is 11.2 Å². The Morgan fingerprint density at radius 1 is 0.455 bits per heavy atom. The van der Waals surface area contributed by atoms with Crippen LogP contribution in [0.2, 0.25) is 0 Å². The second kappa shape index (κ2) is 73.6. The molecule has 6 heterocycles. The van der Waals surface area contributed by atoms with Gasteiger partial charge < -0.3 is 89.7 Å². The van der Waals surface area contributed by atoms with Gasteiger partial charge in [-0.3, -0.25) is 0 Å². The molecule has 0 amide bonds. The van der Waals surface area contributed by atoms with Crippen molar-refractivity contribution < 1.29 is 131 Å². The van der Waals surface area contributed by atoms with Gasteiger partial charge in [0.05, 0.1) is 5.69 Å². The van der Waals surface area contributed by atoms with E-state index < -0.39 is 0 Å². The van der Waals surface area contributed by atoms with Crippen molar-refractivity contribution in [3.63, 3.8) is 0 Å². The molecule has 6 N–H and O–H groups in total. The monoisotopic (exact) mass is 2230 g/mol. The van der Waals surface area contributed by atoms with Gasteiger partial charge in [0, 0.05) is 184 Å². The number of benzene rings is 2. The van der Waals surface area contributed by atoms with Crippen LogP contribution in [0.15, 0.2) is 110 Å². The SMILES string of the molecule is CC.CC.CC.CC.CCN=c1c[c-][nH]c(C)c1.CCN=c1c[c-]nc(C)[nH]1.CCN=c1n[c-]nc(C)[nH]1.CN=c1c[c-]nc(C)[nH]1.CN=c1n[c-]nc(C)[nH]1.CNc1c[c-][n+](C)c(C)c1.Cc1ccc(C)cc1.Cc1ccc(C)cc1.[W].[W].[W].[W].[W].[W]. The first-order valence-electron chi connectivity index (χ1n) is 28.0. The van der Waals surface area contributed by atoms with Crippen LogP contribution in [0.4, 0.5) is 5.69 Å². The minimum Gasteiger partial charge on any atom is -0.472 e. The number of hydrogen-bond acceptors (Lipinski definition) is 12. The molecule has 0 aliphatic carbocycles. The maximum Gasteiger partial charge on any atom is 0.115 e. The van der Waals surface area contributed by atoms with Gasteiger partial charge in [-0.25, -0.2) is 0 Å². The molecule has 24 heteroatoms. The smallest absolute Gasteiger partial charge is 0.115 e. The maximum atomic E-state index is 4.22. The topological polar surface area (TPSA) is 234 Å². The van der Waals surface area contributed by atoms with E-state index in [4.69, 9.17) is 0 Å². The predicted octanol–water partition coefficient (Wildman–Crippen LogP) is 10.2. The summed E-state index contributed by atoms with van der Waals surface area (Å²) in [7, 11) is 7.27. The van der Waals surface area contributed by atoms with Crippen molar-refractivity contribution in [1.82, 2.24) is 54.8 Å². The molecule has 0 atom stereocenters. The predicted molar refractivity (Wildman–Crippen MR) is 338 cm³/mol. The van der Waals surface area contributed by atoms with Crippen LogP contribution in [0.1, 0.15) is 133 Å². The normalized spacial score (nSPS) is 9.58. The van der Waals surface area contributed by atoms with E-state index in [9.17, 15) is 0 Å². The third-order valence-electron chi connectivity index (χ3n) is 9.13. The second-order valence-electron chi connectivity index (χ2n) is 15.8. The molecule has 0 unspecified atom stereocenters. The molecule has 0 radical (unpaired) electrons. The number of aryl methyl sites for hydroxylation is 11. The minimum atomic E-state index is 0. The van der Waals surface area contributed by atoms with E-state index in [-0.39, 0.29) is 126 Å². The number of aromatic amines is 5. The van der Waals surface area contributed by atoms with Crippen LogP contribution < -0.4 is 37.5 Å². The standard InChI is InChI=1S/C8H12N2.C8H11N2.2C8H10.C7H10N3.C6H9N4.C6H8N3.C5H7N4.4C2H6.6W/c1-7-6-8(9-2)4-5-10(7)3;1-3-9-8-4-5-10-7(2)6-8;2*1-7-3-5-8(2)6-4-7;1-3-8-7-4-5-9-6(2)10-7;1-3-7-6-9-4-8-5(2)10-6;1-5-8-4-3-6(7-2)9-5;1-4-7-3-8-5(6-2)9-4;4*1-2;;;;;;/h4,6,9H,1-3H3;4,6H,3H2,1-2H3,(H,9,10);2*3-6H,1-2H3;4H,3H2,1-2H3,(H,8,9,10);3H2,1-2H3,(H,7,8,9,10);3H,1-2H3,(H,7,8,9);1-2H3,(H,6,7,8,9);4*1-2H3;;;;;;/q;-1;;;4*-1;;;;;;;;;;. The Bertz CT molecular complexity index is 2860. The maximum absolute atomic E-state index is 4.22. The number of nitrogens with one attached hydrogen (secondary N) is 6. The van der Waals surface area contributed by atoms with E-state index in [1.165, 1.54) is 27.9 Å². The fourth-order valence-corrected chi connectivity index (χ4v) is 5.16. The molecule has 0 aliphatic rings. The summed E-state index contributed by atoms with van der Waals surface area (Å²) in [5.74, 6) is 3.22. The summed E-state index contributed by atoms with van der Waals surface area (Å²) in [5.41, 5.74) is 11.5. The molecule has 18 nitrogen and oxygen atoms in total. The number of pyridine rings is 2. The zero-order valence-electron chi connectivity index (χ0n) is 57.0. The van der Waals surface area contributed by atoms with E-state index in [2.05, 4.69) is 212 Å². The van der Waals surface area contributed by atoms with Gasteiger partial charge in [0.1, 0.15) is 24.5 Å². The van der Waals surface area contributed by atoms with E-state index in [1.807, 2.05) is 148 Å². The first-order valence-corrected chi connectivity index (χ1v) is 28.0. The summed E-state index contributed by atoms with van der Waals surface area (Å²) >= 11 is 0. The zero-order valence-corrected chi connectivity index (χ0v) is 74.6. The van der Waals surface area contributed by atoms with Crippen LogP contribution in [0.3, 0.4) is 0 Å². The number of nitrogens with zero attached hydrogens (tertiary/aromatic N) is 12. The van der Waals surface area contributed by atoms with Crippen molar-refractivity contribution in [3.05, 3.63) is 207 Å². The molecule has 0 fully saturated rings. The molecule has 88 heavy (non-hydrogen) atoms. The van der Waals surface area contributed by atoms with E-state index in [1.54, 1.807) is 26.2 Å². The third-order valence-corrected chi connectivity index (χ3v) is 9.13. The second-order valence-corrected chi connectivity index (χ2v) is 15.8. The first-order chi connectivity index (χ1) is 39.4. The third kappa shape index (κ3) is 60.7. The summed E-state index contributed by atoms with van der Waals surface area (Å²) in [4.78, 5) is 57.4. The van der Waals surface area contributed by atoms with Crippen LogP contribution in [0, 0.1) is 107 Å². The molecule has 2 aromatic carbocycles.